The molecule has 4 rings (SSSR count). The summed E-state index contributed by atoms with van der Waals surface area (Å²) < 4.78 is 7.78. The Kier molecular flexibility index (Phi) is 4.93. The Labute approximate surface area is 154 Å². The van der Waals surface area contributed by atoms with Crippen LogP contribution in [0.25, 0.3) is 0 Å². The Morgan fingerprint density at radius 2 is 2.12 bits per heavy atom. The largest absolute Gasteiger partial charge is 0.372 e. The molecule has 138 valence electrons. The minimum atomic E-state index is -0.0742. The van der Waals surface area contributed by atoms with Gasteiger partial charge < -0.3 is 15.0 Å². The number of aryl methyl sites for hydroxylation is 1. The van der Waals surface area contributed by atoms with Crippen molar-refractivity contribution in [3.05, 3.63) is 48.3 Å². The van der Waals surface area contributed by atoms with Crippen molar-refractivity contribution < 1.29 is 9.53 Å². The van der Waals surface area contributed by atoms with Gasteiger partial charge in [-0.2, -0.15) is 5.10 Å². The van der Waals surface area contributed by atoms with Gasteiger partial charge in [0.1, 0.15) is 12.1 Å². The highest BCUT2D eigenvalue weighted by Gasteiger charge is 2.34. The number of rotatable bonds is 5. The third kappa shape index (κ3) is 3.33. The zero-order chi connectivity index (χ0) is 17.9. The van der Waals surface area contributed by atoms with Crippen LogP contribution in [0.5, 0.6) is 0 Å². The van der Waals surface area contributed by atoms with E-state index in [1.807, 2.05) is 36.0 Å². The lowest BCUT2D eigenvalue weighted by Gasteiger charge is -2.27. The highest BCUT2D eigenvalue weighted by atomic mass is 16.5. The summed E-state index contributed by atoms with van der Waals surface area (Å²) in [5.41, 5.74) is 2.20. The van der Waals surface area contributed by atoms with Gasteiger partial charge in [0.2, 0.25) is 5.91 Å². The fraction of sp³-hybridized carbons (Fsp3) is 0.500. The summed E-state index contributed by atoms with van der Waals surface area (Å²) in [7, 11) is 1.93. The molecule has 3 atom stereocenters. The van der Waals surface area contributed by atoms with Crippen molar-refractivity contribution in [2.24, 2.45) is 13.0 Å². The van der Waals surface area contributed by atoms with Gasteiger partial charge >= 0.3 is 0 Å². The molecule has 6 heteroatoms. The maximum absolute atomic E-state index is 12.8. The molecule has 1 N–H and O–H groups in total. The van der Waals surface area contributed by atoms with E-state index in [2.05, 4.69) is 27.4 Å². The van der Waals surface area contributed by atoms with Crippen molar-refractivity contribution in [3.63, 3.8) is 0 Å². The average Bonchev–Trinajstić information content (AvgIpc) is 3.40. The number of amides is 1. The number of nitrogens with zero attached hydrogens (tertiary/aromatic N) is 3. The van der Waals surface area contributed by atoms with Crippen LogP contribution < -0.4 is 10.2 Å². The second kappa shape index (κ2) is 7.50. The minimum absolute atomic E-state index is 0.0107. The quantitative estimate of drug-likeness (QED) is 0.895. The summed E-state index contributed by atoms with van der Waals surface area (Å²) in [5, 5.41) is 7.43. The molecule has 0 bridgehead atoms. The molecule has 0 spiro atoms. The average molecular weight is 354 g/mol. The summed E-state index contributed by atoms with van der Waals surface area (Å²) in [6.07, 6.45) is 4.73. The molecule has 1 aromatic carbocycles. The van der Waals surface area contributed by atoms with E-state index < -0.39 is 0 Å². The summed E-state index contributed by atoms with van der Waals surface area (Å²) in [4.78, 5) is 15.1. The van der Waals surface area contributed by atoms with Crippen molar-refractivity contribution in [3.8, 4) is 0 Å². The van der Waals surface area contributed by atoms with Crippen LogP contribution >= 0.6 is 0 Å². The molecule has 2 saturated heterocycles. The van der Waals surface area contributed by atoms with E-state index in [0.29, 0.717) is 12.5 Å². The van der Waals surface area contributed by atoms with Crippen LogP contribution in [0.4, 0.5) is 5.69 Å². The molecule has 2 aromatic rings. The smallest absolute Gasteiger partial charge is 0.242 e. The number of carbonyl (C=O) groups excluding carboxylic acids is 1. The lowest BCUT2D eigenvalue weighted by atomic mass is 9.98. The van der Waals surface area contributed by atoms with E-state index in [1.54, 1.807) is 6.20 Å². The van der Waals surface area contributed by atoms with E-state index in [-0.39, 0.29) is 18.1 Å². The monoisotopic (exact) mass is 354 g/mol. The van der Waals surface area contributed by atoms with Gasteiger partial charge in [-0.25, -0.2) is 0 Å². The molecule has 2 fully saturated rings. The number of ether oxygens (including phenoxy) is 1. The van der Waals surface area contributed by atoms with Gasteiger partial charge in [-0.15, -0.1) is 0 Å². The highest BCUT2D eigenvalue weighted by Crippen LogP contribution is 2.34. The van der Waals surface area contributed by atoms with Gasteiger partial charge in [0.05, 0.1) is 5.69 Å². The Morgan fingerprint density at radius 3 is 2.88 bits per heavy atom. The van der Waals surface area contributed by atoms with Gasteiger partial charge in [-0.05, 0) is 37.5 Å². The van der Waals surface area contributed by atoms with E-state index in [0.717, 1.165) is 43.8 Å². The third-order valence-corrected chi connectivity index (χ3v) is 5.55. The highest BCUT2D eigenvalue weighted by molar-refractivity contribution is 5.85. The second-order valence-corrected chi connectivity index (χ2v) is 7.15. The molecule has 0 radical (unpaired) electrons. The molecule has 1 amide bonds. The molecule has 1 aromatic heterocycles. The van der Waals surface area contributed by atoms with Crippen LogP contribution in [0, 0.1) is 5.92 Å². The second-order valence-electron chi connectivity index (χ2n) is 7.15. The van der Waals surface area contributed by atoms with E-state index in [9.17, 15) is 4.79 Å². The van der Waals surface area contributed by atoms with Crippen LogP contribution in [-0.2, 0) is 16.6 Å². The van der Waals surface area contributed by atoms with Crippen LogP contribution in [0.15, 0.2) is 42.6 Å². The van der Waals surface area contributed by atoms with Crippen LogP contribution in [0.2, 0.25) is 0 Å². The number of carbonyl (C=O) groups is 1. The van der Waals surface area contributed by atoms with E-state index in [4.69, 9.17) is 4.74 Å². The molecule has 6 nitrogen and oxygen atoms in total. The van der Waals surface area contributed by atoms with Gasteiger partial charge in [0, 0.05) is 44.5 Å². The normalized spacial score (nSPS) is 25.6. The molecule has 3 heterocycles. The van der Waals surface area contributed by atoms with Crippen LogP contribution in [0.1, 0.15) is 31.1 Å². The molecule has 2 aliphatic heterocycles. The first-order chi connectivity index (χ1) is 12.7. The van der Waals surface area contributed by atoms with Crippen molar-refractivity contribution in [1.82, 2.24) is 15.1 Å². The maximum atomic E-state index is 12.8. The predicted molar refractivity (Wildman–Crippen MR) is 99.8 cm³/mol. The van der Waals surface area contributed by atoms with E-state index in [1.165, 1.54) is 0 Å². The molecular formula is C20H26N4O2. The van der Waals surface area contributed by atoms with Crippen LogP contribution in [0.3, 0.4) is 0 Å². The van der Waals surface area contributed by atoms with Crippen LogP contribution in [-0.4, -0.2) is 41.4 Å². The number of hydrogen-bond donors (Lipinski definition) is 1. The predicted octanol–water partition coefficient (Wildman–Crippen LogP) is 2.28. The zero-order valence-electron chi connectivity index (χ0n) is 15.2. The Bertz CT molecular complexity index is 745. The SMILES string of the molecule is Cn1nccc1[C@@H]1OCC[C@H]1CNC(=O)C1CCCN1c1ccccc1. The summed E-state index contributed by atoms with van der Waals surface area (Å²) in [6, 6.07) is 12.1. The van der Waals surface area contributed by atoms with Gasteiger partial charge in [0.25, 0.3) is 0 Å². The molecule has 0 saturated carbocycles. The molecular weight excluding hydrogens is 328 g/mol. The fourth-order valence-electron chi connectivity index (χ4n) is 4.15. The fourth-order valence-corrected chi connectivity index (χ4v) is 4.15. The number of nitrogens with one attached hydrogen (secondary N) is 1. The Balaban J connectivity index is 1.38. The Hall–Kier alpha value is -2.34. The van der Waals surface area contributed by atoms with Crippen molar-refractivity contribution >= 4 is 11.6 Å². The van der Waals surface area contributed by atoms with E-state index >= 15 is 0 Å². The summed E-state index contributed by atoms with van der Waals surface area (Å²) >= 11 is 0. The van der Waals surface area contributed by atoms with Crippen molar-refractivity contribution in [2.45, 2.75) is 31.4 Å². The molecule has 2 aliphatic rings. The van der Waals surface area contributed by atoms with Gasteiger partial charge in [0.15, 0.2) is 0 Å². The third-order valence-electron chi connectivity index (χ3n) is 5.55. The molecule has 0 aliphatic carbocycles. The minimum Gasteiger partial charge on any atom is -0.372 e. The first-order valence-electron chi connectivity index (χ1n) is 9.43. The first kappa shape index (κ1) is 17.1. The molecule has 26 heavy (non-hydrogen) atoms. The topological polar surface area (TPSA) is 59.4 Å². The van der Waals surface area contributed by atoms with Crippen molar-refractivity contribution in [2.75, 3.05) is 24.6 Å². The Morgan fingerprint density at radius 1 is 1.27 bits per heavy atom. The standard InChI is InChI=1S/C20H26N4O2/c1-23-17(9-11-22-23)19-15(10-13-26-19)14-21-20(25)18-8-5-12-24(18)16-6-3-2-4-7-16/h2-4,6-7,9,11,15,18-19H,5,8,10,12-14H2,1H3,(H,21,25)/t15-,18?,19+/m0/s1. The summed E-state index contributed by atoms with van der Waals surface area (Å²) in [6.45, 7) is 2.32. The zero-order valence-corrected chi connectivity index (χ0v) is 15.2. The van der Waals surface area contributed by atoms with Gasteiger partial charge in [-0.3, -0.25) is 9.48 Å². The lowest BCUT2D eigenvalue weighted by Crippen LogP contribution is -2.45. The lowest BCUT2D eigenvalue weighted by molar-refractivity contribution is -0.122. The number of anilines is 1. The number of aromatic nitrogens is 2. The maximum Gasteiger partial charge on any atom is 0.242 e. The van der Waals surface area contributed by atoms with Crippen molar-refractivity contribution in [1.29, 1.82) is 0 Å². The number of para-hydroxylation sites is 1. The number of benzene rings is 1. The van der Waals surface area contributed by atoms with Gasteiger partial charge in [-0.1, -0.05) is 18.2 Å². The number of hydrogen-bond acceptors (Lipinski definition) is 4. The summed E-state index contributed by atoms with van der Waals surface area (Å²) in [5.74, 6) is 0.419. The first-order valence-corrected chi connectivity index (χ1v) is 9.43. The molecule has 1 unspecified atom stereocenters.